The third-order valence-electron chi connectivity index (χ3n) is 5.69. The number of benzene rings is 2. The van der Waals surface area contributed by atoms with Crippen LogP contribution in [-0.2, 0) is 6.42 Å². The van der Waals surface area contributed by atoms with Crippen molar-refractivity contribution in [3.63, 3.8) is 0 Å². The van der Waals surface area contributed by atoms with Gasteiger partial charge in [0, 0.05) is 36.1 Å². The van der Waals surface area contributed by atoms with E-state index in [9.17, 15) is 15.0 Å². The van der Waals surface area contributed by atoms with Gasteiger partial charge in [-0.2, -0.15) is 0 Å². The van der Waals surface area contributed by atoms with Crippen molar-refractivity contribution in [2.75, 3.05) is 17.3 Å². The first-order valence-electron chi connectivity index (χ1n) is 10.0. The van der Waals surface area contributed by atoms with Crippen molar-refractivity contribution < 1.29 is 15.0 Å². The highest BCUT2D eigenvalue weighted by atomic mass is 16.3. The lowest BCUT2D eigenvalue weighted by atomic mass is 9.92. The quantitative estimate of drug-likeness (QED) is 0.600. The van der Waals surface area contributed by atoms with Gasteiger partial charge in [0.05, 0.1) is 5.56 Å². The first kappa shape index (κ1) is 19.8. The molecule has 4 rings (SSSR count). The Labute approximate surface area is 175 Å². The number of nitrogens with one attached hydrogen (secondary N) is 1. The summed E-state index contributed by atoms with van der Waals surface area (Å²) >= 11 is 0. The minimum Gasteiger partial charge on any atom is -0.508 e. The second-order valence-corrected chi connectivity index (χ2v) is 7.69. The lowest BCUT2D eigenvalue weighted by Gasteiger charge is -2.36. The number of nitrogens with zero attached hydrogens (tertiary/aromatic N) is 2. The summed E-state index contributed by atoms with van der Waals surface area (Å²) < 4.78 is 0. The molecule has 1 aliphatic heterocycles. The van der Waals surface area contributed by atoms with Crippen molar-refractivity contribution >= 4 is 17.4 Å². The predicted octanol–water partition coefficient (Wildman–Crippen LogP) is 4.49. The Hall–Kier alpha value is -3.54. The third-order valence-corrected chi connectivity index (χ3v) is 5.69. The lowest BCUT2D eigenvalue weighted by molar-refractivity contribution is 0.0972. The van der Waals surface area contributed by atoms with Crippen molar-refractivity contribution in [2.45, 2.75) is 32.7 Å². The minimum atomic E-state index is -0.273. The minimum absolute atomic E-state index is 0.00219. The number of aromatic hydroxyl groups is 2. The number of carbonyl (C=O) groups excluding carboxylic acids is 1. The maximum absolute atomic E-state index is 13.3. The zero-order chi connectivity index (χ0) is 21.4. The van der Waals surface area contributed by atoms with Crippen molar-refractivity contribution in [3.05, 3.63) is 65.4 Å². The van der Waals surface area contributed by atoms with Gasteiger partial charge in [-0.05, 0) is 74.2 Å². The van der Waals surface area contributed by atoms with Gasteiger partial charge in [-0.15, -0.1) is 0 Å². The summed E-state index contributed by atoms with van der Waals surface area (Å²) in [4.78, 5) is 19.6. The molecule has 0 unspecified atom stereocenters. The molecule has 1 amide bonds. The molecule has 0 aliphatic carbocycles. The zero-order valence-electron chi connectivity index (χ0n) is 17.3. The molecule has 1 atom stereocenters. The number of hydrogen-bond acceptors (Lipinski definition) is 5. The first-order chi connectivity index (χ1) is 14.4. The second kappa shape index (κ2) is 7.71. The first-order valence-corrected chi connectivity index (χ1v) is 10.0. The van der Waals surface area contributed by atoms with Gasteiger partial charge in [0.2, 0.25) is 0 Å². The average Bonchev–Trinajstić information content (AvgIpc) is 2.73. The normalized spacial score (nSPS) is 15.6. The van der Waals surface area contributed by atoms with Crippen LogP contribution in [0.2, 0.25) is 0 Å². The summed E-state index contributed by atoms with van der Waals surface area (Å²) in [6, 6.07) is 14.2. The Kier molecular flexibility index (Phi) is 5.08. The fraction of sp³-hybridized carbons (Fsp3) is 0.250. The Morgan fingerprint density at radius 2 is 1.93 bits per heavy atom. The number of phenols is 2. The van der Waals surface area contributed by atoms with Gasteiger partial charge in [0.15, 0.2) is 0 Å². The van der Waals surface area contributed by atoms with Crippen LogP contribution in [0.15, 0.2) is 48.5 Å². The fourth-order valence-corrected chi connectivity index (χ4v) is 4.06. The van der Waals surface area contributed by atoms with Crippen molar-refractivity contribution in [1.82, 2.24) is 4.98 Å². The van der Waals surface area contributed by atoms with Crippen LogP contribution >= 0.6 is 0 Å². The summed E-state index contributed by atoms with van der Waals surface area (Å²) in [7, 11) is 1.85. The molecule has 3 N–H and O–H groups in total. The molecule has 2 heterocycles. The number of aryl methyl sites for hydroxylation is 2. The number of fused-ring (bicyclic) bond motifs is 1. The van der Waals surface area contributed by atoms with Gasteiger partial charge in [-0.3, -0.25) is 4.79 Å². The van der Waals surface area contributed by atoms with E-state index in [0.29, 0.717) is 0 Å². The number of carbonyl (C=O) groups is 1. The summed E-state index contributed by atoms with van der Waals surface area (Å²) in [5.41, 5.74) is 5.19. The van der Waals surface area contributed by atoms with E-state index in [2.05, 4.69) is 22.4 Å². The van der Waals surface area contributed by atoms with Crippen LogP contribution in [0.25, 0.3) is 11.1 Å². The van der Waals surface area contributed by atoms with E-state index in [0.717, 1.165) is 46.7 Å². The molecule has 2 aromatic carbocycles. The maximum Gasteiger partial charge on any atom is 0.262 e. The molecule has 154 valence electrons. The van der Waals surface area contributed by atoms with Crippen LogP contribution in [0.3, 0.4) is 0 Å². The Bertz CT molecular complexity index is 1130. The summed E-state index contributed by atoms with van der Waals surface area (Å²) in [6.07, 6.45) is 1.70. The number of hydrogen-bond donors (Lipinski definition) is 3. The molecule has 0 radical (unpaired) electrons. The molecule has 6 heteroatoms. The molecular weight excluding hydrogens is 378 g/mol. The topological polar surface area (TPSA) is 85.7 Å². The van der Waals surface area contributed by atoms with Crippen molar-refractivity contribution in [1.29, 1.82) is 0 Å². The number of aromatic nitrogens is 1. The SMILES string of the molecule is CNc1ccc(-c2ccc3c(c2)CC[C@H](C)N3C(=O)c2ccc(O)cc2O)c(C)n1. The van der Waals surface area contributed by atoms with Gasteiger partial charge in [0.1, 0.15) is 17.3 Å². The summed E-state index contributed by atoms with van der Waals surface area (Å²) in [5, 5.41) is 22.8. The predicted molar refractivity (Wildman–Crippen MR) is 118 cm³/mol. The van der Waals surface area contributed by atoms with Crippen LogP contribution in [-0.4, -0.2) is 34.2 Å². The Morgan fingerprint density at radius 3 is 2.63 bits per heavy atom. The number of phenolic OH excluding ortho intramolecular Hbond substituents is 2. The molecule has 0 saturated heterocycles. The molecule has 0 saturated carbocycles. The molecule has 0 bridgehead atoms. The van der Waals surface area contributed by atoms with Gasteiger partial charge in [-0.25, -0.2) is 4.98 Å². The molecule has 30 heavy (non-hydrogen) atoms. The van der Waals surface area contributed by atoms with Crippen LogP contribution in [0.4, 0.5) is 11.5 Å². The van der Waals surface area contributed by atoms with E-state index in [1.807, 2.05) is 39.1 Å². The largest absolute Gasteiger partial charge is 0.508 e. The fourth-order valence-electron chi connectivity index (χ4n) is 4.06. The van der Waals surface area contributed by atoms with Crippen molar-refractivity contribution in [2.24, 2.45) is 0 Å². The van der Waals surface area contributed by atoms with Crippen LogP contribution in [0, 0.1) is 6.92 Å². The maximum atomic E-state index is 13.3. The molecule has 3 aromatic rings. The Balaban J connectivity index is 1.73. The van der Waals surface area contributed by atoms with Crippen molar-refractivity contribution in [3.8, 4) is 22.6 Å². The highest BCUT2D eigenvalue weighted by Crippen LogP contribution is 2.37. The lowest BCUT2D eigenvalue weighted by Crippen LogP contribution is -2.42. The van der Waals surface area contributed by atoms with Gasteiger partial charge in [0.25, 0.3) is 5.91 Å². The molecule has 6 nitrogen and oxygen atoms in total. The molecule has 0 spiro atoms. The second-order valence-electron chi connectivity index (χ2n) is 7.69. The van der Waals surface area contributed by atoms with Gasteiger partial charge in [-0.1, -0.05) is 6.07 Å². The van der Waals surface area contributed by atoms with Gasteiger partial charge < -0.3 is 20.4 Å². The number of amides is 1. The van der Waals surface area contributed by atoms with E-state index < -0.39 is 0 Å². The van der Waals surface area contributed by atoms with Crippen LogP contribution < -0.4 is 10.2 Å². The average molecular weight is 403 g/mol. The van der Waals surface area contributed by atoms with E-state index >= 15 is 0 Å². The standard InChI is InChI=1S/C24H25N3O3/c1-14-4-5-17-12-16(19-9-11-23(25-3)26-15(19)2)6-10-21(17)27(14)24(30)20-8-7-18(28)13-22(20)29/h6-14,28-29H,4-5H2,1-3H3,(H,25,26)/t14-/m0/s1. The smallest absolute Gasteiger partial charge is 0.262 e. The third kappa shape index (κ3) is 3.45. The highest BCUT2D eigenvalue weighted by molar-refractivity contribution is 6.09. The summed E-state index contributed by atoms with van der Waals surface area (Å²) in [5.74, 6) is 0.259. The Morgan fingerprint density at radius 1 is 1.13 bits per heavy atom. The number of rotatable bonds is 3. The monoisotopic (exact) mass is 403 g/mol. The van der Waals surface area contributed by atoms with E-state index in [1.54, 1.807) is 4.90 Å². The molecule has 0 fully saturated rings. The van der Waals surface area contributed by atoms with E-state index in [-0.39, 0.29) is 29.0 Å². The molecule has 1 aliphatic rings. The zero-order valence-corrected chi connectivity index (χ0v) is 17.3. The molecule has 1 aromatic heterocycles. The highest BCUT2D eigenvalue weighted by Gasteiger charge is 2.30. The molecular formula is C24H25N3O3. The van der Waals surface area contributed by atoms with Crippen LogP contribution in [0.1, 0.15) is 35.0 Å². The number of pyridine rings is 1. The number of anilines is 2. The summed E-state index contributed by atoms with van der Waals surface area (Å²) in [6.45, 7) is 4.00. The van der Waals surface area contributed by atoms with Gasteiger partial charge >= 0.3 is 0 Å². The van der Waals surface area contributed by atoms with E-state index in [1.165, 1.54) is 18.2 Å². The van der Waals surface area contributed by atoms with E-state index in [4.69, 9.17) is 0 Å². The van der Waals surface area contributed by atoms with Crippen LogP contribution in [0.5, 0.6) is 11.5 Å².